The van der Waals surface area contributed by atoms with Crippen molar-refractivity contribution >= 4 is 46.4 Å². The molecule has 0 atom stereocenters. The third kappa shape index (κ3) is 3.54. The summed E-state index contributed by atoms with van der Waals surface area (Å²) in [4.78, 5) is 15.9. The van der Waals surface area contributed by atoms with Gasteiger partial charge in [0.25, 0.3) is 5.91 Å². The molecule has 0 fully saturated rings. The number of pyridine rings is 1. The first-order valence-electron chi connectivity index (χ1n) is 5.61. The number of aryl methyl sites for hydroxylation is 1. The molecular formula is C13H10Cl3N3O. The summed E-state index contributed by atoms with van der Waals surface area (Å²) in [5, 5.41) is 1.04. The van der Waals surface area contributed by atoms with E-state index in [1.807, 2.05) is 6.92 Å². The number of hydrogen-bond donors (Lipinski definition) is 2. The number of amides is 1. The predicted octanol–water partition coefficient (Wildman–Crippen LogP) is 4.11. The molecule has 20 heavy (non-hydrogen) atoms. The fourth-order valence-electron chi connectivity index (χ4n) is 1.46. The maximum absolute atomic E-state index is 11.9. The van der Waals surface area contributed by atoms with Crippen LogP contribution in [0, 0.1) is 6.92 Å². The quantitative estimate of drug-likeness (QED) is 0.833. The number of rotatable bonds is 3. The summed E-state index contributed by atoms with van der Waals surface area (Å²) >= 11 is 17.8. The van der Waals surface area contributed by atoms with Crippen molar-refractivity contribution in [3.8, 4) is 0 Å². The van der Waals surface area contributed by atoms with Crippen LogP contribution in [-0.4, -0.2) is 10.9 Å². The SMILES string of the molecule is Cc1ccc(C(=O)NNc2c(Cl)cc(Cl)cc2Cl)cn1. The summed E-state index contributed by atoms with van der Waals surface area (Å²) in [5.74, 6) is -0.348. The van der Waals surface area contributed by atoms with Crippen LogP contribution in [0.3, 0.4) is 0 Å². The van der Waals surface area contributed by atoms with Gasteiger partial charge in [0.1, 0.15) is 0 Å². The fourth-order valence-corrected chi connectivity index (χ4v) is 2.37. The molecule has 0 bridgehead atoms. The number of anilines is 1. The van der Waals surface area contributed by atoms with E-state index in [-0.39, 0.29) is 5.91 Å². The molecule has 0 spiro atoms. The standard InChI is InChI=1S/C13H10Cl3N3O/c1-7-2-3-8(6-17-7)13(20)19-18-12-10(15)4-9(14)5-11(12)16/h2-6,18H,1H3,(H,19,20). The van der Waals surface area contributed by atoms with Crippen LogP contribution in [-0.2, 0) is 0 Å². The molecule has 0 radical (unpaired) electrons. The van der Waals surface area contributed by atoms with Gasteiger partial charge in [0.2, 0.25) is 0 Å². The second-order valence-electron chi connectivity index (χ2n) is 4.01. The maximum atomic E-state index is 11.9. The van der Waals surface area contributed by atoms with E-state index in [0.29, 0.717) is 26.3 Å². The number of hydrogen-bond acceptors (Lipinski definition) is 3. The molecule has 1 aromatic heterocycles. The monoisotopic (exact) mass is 329 g/mol. The second-order valence-corrected chi connectivity index (χ2v) is 5.26. The minimum atomic E-state index is -0.348. The number of benzene rings is 1. The molecule has 0 aliphatic rings. The Bertz CT molecular complexity index is 621. The van der Waals surface area contributed by atoms with Gasteiger partial charge in [-0.2, -0.15) is 0 Å². The van der Waals surface area contributed by atoms with Crippen LogP contribution in [0.1, 0.15) is 16.1 Å². The van der Waals surface area contributed by atoms with Crippen molar-refractivity contribution in [2.45, 2.75) is 6.92 Å². The molecule has 7 heteroatoms. The molecule has 4 nitrogen and oxygen atoms in total. The molecule has 0 saturated carbocycles. The summed E-state index contributed by atoms with van der Waals surface area (Å²) in [6.45, 7) is 1.84. The summed E-state index contributed by atoms with van der Waals surface area (Å²) in [5.41, 5.74) is 6.80. The minimum Gasteiger partial charge on any atom is -0.295 e. The normalized spacial score (nSPS) is 10.2. The largest absolute Gasteiger partial charge is 0.295 e. The van der Waals surface area contributed by atoms with Crippen LogP contribution in [0.5, 0.6) is 0 Å². The van der Waals surface area contributed by atoms with Crippen LogP contribution in [0.15, 0.2) is 30.5 Å². The van der Waals surface area contributed by atoms with Gasteiger partial charge in [0.05, 0.1) is 21.3 Å². The van der Waals surface area contributed by atoms with Crippen molar-refractivity contribution in [1.82, 2.24) is 10.4 Å². The summed E-state index contributed by atoms with van der Waals surface area (Å²) in [7, 11) is 0. The zero-order valence-electron chi connectivity index (χ0n) is 10.4. The molecule has 2 rings (SSSR count). The van der Waals surface area contributed by atoms with Crippen LogP contribution >= 0.6 is 34.8 Å². The van der Waals surface area contributed by atoms with Gasteiger partial charge < -0.3 is 0 Å². The zero-order chi connectivity index (χ0) is 14.7. The number of hydrazine groups is 1. The van der Waals surface area contributed by atoms with E-state index in [2.05, 4.69) is 15.8 Å². The van der Waals surface area contributed by atoms with Gasteiger partial charge in [0.15, 0.2) is 0 Å². The smallest absolute Gasteiger partial charge is 0.271 e. The molecule has 0 unspecified atom stereocenters. The number of nitrogens with zero attached hydrogens (tertiary/aromatic N) is 1. The average molecular weight is 331 g/mol. The van der Waals surface area contributed by atoms with Crippen molar-refractivity contribution in [2.75, 3.05) is 5.43 Å². The lowest BCUT2D eigenvalue weighted by Gasteiger charge is -2.12. The Morgan fingerprint density at radius 1 is 1.15 bits per heavy atom. The lowest BCUT2D eigenvalue weighted by molar-refractivity contribution is 0.0962. The number of nitrogens with one attached hydrogen (secondary N) is 2. The summed E-state index contributed by atoms with van der Waals surface area (Å²) in [6, 6.07) is 6.47. The topological polar surface area (TPSA) is 54.0 Å². The Kier molecular flexibility index (Phi) is 4.70. The average Bonchev–Trinajstić information content (AvgIpc) is 2.38. The van der Waals surface area contributed by atoms with Gasteiger partial charge in [-0.25, -0.2) is 0 Å². The van der Waals surface area contributed by atoms with Crippen molar-refractivity contribution in [2.24, 2.45) is 0 Å². The number of carbonyl (C=O) groups excluding carboxylic acids is 1. The van der Waals surface area contributed by atoms with Crippen molar-refractivity contribution < 1.29 is 4.79 Å². The van der Waals surface area contributed by atoms with Crippen molar-refractivity contribution in [3.63, 3.8) is 0 Å². The second kappa shape index (κ2) is 6.31. The Labute approximate surface area is 131 Å². The summed E-state index contributed by atoms with van der Waals surface area (Å²) in [6.07, 6.45) is 1.48. The van der Waals surface area contributed by atoms with Gasteiger partial charge in [-0.05, 0) is 31.2 Å². The number of halogens is 3. The van der Waals surface area contributed by atoms with Gasteiger partial charge in [-0.1, -0.05) is 34.8 Å². The molecular weight excluding hydrogens is 321 g/mol. The minimum absolute atomic E-state index is 0.310. The van der Waals surface area contributed by atoms with Gasteiger partial charge in [-0.3, -0.25) is 20.6 Å². The lowest BCUT2D eigenvalue weighted by atomic mass is 10.2. The molecule has 104 valence electrons. The fraction of sp³-hybridized carbons (Fsp3) is 0.0769. The van der Waals surface area contributed by atoms with Crippen molar-refractivity contribution in [1.29, 1.82) is 0 Å². The first-order valence-corrected chi connectivity index (χ1v) is 6.74. The number of aromatic nitrogens is 1. The van der Waals surface area contributed by atoms with Crippen LogP contribution < -0.4 is 10.9 Å². The van der Waals surface area contributed by atoms with E-state index >= 15 is 0 Å². The van der Waals surface area contributed by atoms with E-state index in [4.69, 9.17) is 34.8 Å². The zero-order valence-corrected chi connectivity index (χ0v) is 12.6. The molecule has 0 saturated heterocycles. The van der Waals surface area contributed by atoms with E-state index in [0.717, 1.165) is 5.69 Å². The lowest BCUT2D eigenvalue weighted by Crippen LogP contribution is -2.29. The van der Waals surface area contributed by atoms with Crippen LogP contribution in [0.4, 0.5) is 5.69 Å². The highest BCUT2D eigenvalue weighted by Gasteiger charge is 2.10. The van der Waals surface area contributed by atoms with Crippen molar-refractivity contribution in [3.05, 3.63) is 56.8 Å². The highest BCUT2D eigenvalue weighted by Crippen LogP contribution is 2.33. The Balaban J connectivity index is 2.09. The molecule has 1 aromatic carbocycles. The van der Waals surface area contributed by atoms with E-state index in [9.17, 15) is 4.79 Å². The van der Waals surface area contributed by atoms with Crippen LogP contribution in [0.2, 0.25) is 15.1 Å². The van der Waals surface area contributed by atoms with E-state index in [1.165, 1.54) is 18.3 Å². The van der Waals surface area contributed by atoms with Crippen LogP contribution in [0.25, 0.3) is 0 Å². The number of carbonyl (C=O) groups is 1. The molecule has 2 N–H and O–H groups in total. The predicted molar refractivity (Wildman–Crippen MR) is 81.5 cm³/mol. The first kappa shape index (κ1) is 14.9. The third-order valence-electron chi connectivity index (χ3n) is 2.48. The molecule has 2 aromatic rings. The highest BCUT2D eigenvalue weighted by atomic mass is 35.5. The molecule has 1 heterocycles. The first-order chi connectivity index (χ1) is 9.47. The molecule has 0 aliphatic carbocycles. The Morgan fingerprint density at radius 3 is 2.35 bits per heavy atom. The summed E-state index contributed by atoms with van der Waals surface area (Å²) < 4.78 is 0. The van der Waals surface area contributed by atoms with Gasteiger partial charge in [0, 0.05) is 16.9 Å². The third-order valence-corrected chi connectivity index (χ3v) is 3.30. The van der Waals surface area contributed by atoms with Gasteiger partial charge >= 0.3 is 0 Å². The maximum Gasteiger partial charge on any atom is 0.271 e. The Morgan fingerprint density at radius 2 is 1.80 bits per heavy atom. The molecule has 1 amide bonds. The highest BCUT2D eigenvalue weighted by molar-refractivity contribution is 6.41. The van der Waals surface area contributed by atoms with E-state index < -0.39 is 0 Å². The molecule has 0 aliphatic heterocycles. The van der Waals surface area contributed by atoms with E-state index in [1.54, 1.807) is 12.1 Å². The Hall–Kier alpha value is -1.49. The van der Waals surface area contributed by atoms with Gasteiger partial charge in [-0.15, -0.1) is 0 Å².